The van der Waals surface area contributed by atoms with E-state index in [0.29, 0.717) is 17.3 Å². The second kappa shape index (κ2) is 9.79. The quantitative estimate of drug-likeness (QED) is 0.536. The Labute approximate surface area is 187 Å². The maximum Gasteiger partial charge on any atom is 0.307 e. The zero-order chi connectivity index (χ0) is 22.5. The van der Waals surface area contributed by atoms with Gasteiger partial charge in [-0.3, -0.25) is 9.59 Å². The first kappa shape index (κ1) is 22.6. The summed E-state index contributed by atoms with van der Waals surface area (Å²) in [5.41, 5.74) is 5.79. The van der Waals surface area contributed by atoms with Crippen LogP contribution in [0.15, 0.2) is 42.5 Å². The molecular formula is C24H26ClN3O3. The molecule has 1 amide bonds. The molecule has 0 saturated heterocycles. The van der Waals surface area contributed by atoms with Crippen LogP contribution in [0.3, 0.4) is 0 Å². The van der Waals surface area contributed by atoms with Crippen LogP contribution < -0.4 is 5.32 Å². The van der Waals surface area contributed by atoms with E-state index >= 15 is 0 Å². The Kier molecular flexibility index (Phi) is 7.13. The first-order chi connectivity index (χ1) is 14.8. The van der Waals surface area contributed by atoms with Crippen molar-refractivity contribution in [3.05, 3.63) is 69.9 Å². The molecular weight excluding hydrogens is 414 g/mol. The number of carbonyl (C=O) groups is 2. The fourth-order valence-electron chi connectivity index (χ4n) is 3.39. The van der Waals surface area contributed by atoms with Gasteiger partial charge in [-0.15, -0.1) is 0 Å². The molecule has 162 valence electrons. The minimum atomic E-state index is -0.345. The highest BCUT2D eigenvalue weighted by atomic mass is 35.5. The number of halogens is 1. The Morgan fingerprint density at radius 3 is 2.45 bits per heavy atom. The molecule has 0 saturated carbocycles. The summed E-state index contributed by atoms with van der Waals surface area (Å²) >= 11 is 6.14. The lowest BCUT2D eigenvalue weighted by Gasteiger charge is -2.12. The fourth-order valence-corrected chi connectivity index (χ4v) is 3.61. The lowest BCUT2D eigenvalue weighted by molar-refractivity contribution is -0.142. The first-order valence-corrected chi connectivity index (χ1v) is 10.6. The van der Waals surface area contributed by atoms with Crippen LogP contribution in [0, 0.1) is 20.8 Å². The minimum absolute atomic E-state index is 0.112. The molecule has 3 rings (SSSR count). The van der Waals surface area contributed by atoms with Gasteiger partial charge in [-0.05, 0) is 51.5 Å². The van der Waals surface area contributed by atoms with E-state index in [1.165, 1.54) is 0 Å². The molecule has 1 aromatic heterocycles. The molecule has 7 heteroatoms. The molecule has 0 aliphatic heterocycles. The van der Waals surface area contributed by atoms with Gasteiger partial charge in [-0.25, -0.2) is 4.68 Å². The predicted octanol–water partition coefficient (Wildman–Crippen LogP) is 4.80. The van der Waals surface area contributed by atoms with Crippen molar-refractivity contribution in [2.24, 2.45) is 0 Å². The fraction of sp³-hybridized carbons (Fsp3) is 0.292. The van der Waals surface area contributed by atoms with E-state index in [-0.39, 0.29) is 24.8 Å². The molecule has 0 spiro atoms. The van der Waals surface area contributed by atoms with Gasteiger partial charge in [-0.1, -0.05) is 41.4 Å². The zero-order valence-electron chi connectivity index (χ0n) is 18.2. The lowest BCUT2D eigenvalue weighted by atomic mass is 10.0. The molecule has 0 radical (unpaired) electrons. The van der Waals surface area contributed by atoms with Crippen LogP contribution in [0.5, 0.6) is 0 Å². The molecule has 2 aromatic carbocycles. The highest BCUT2D eigenvalue weighted by molar-refractivity contribution is 6.30. The van der Waals surface area contributed by atoms with E-state index in [1.54, 1.807) is 17.7 Å². The van der Waals surface area contributed by atoms with E-state index in [2.05, 4.69) is 10.4 Å². The van der Waals surface area contributed by atoms with Crippen molar-refractivity contribution in [2.75, 3.05) is 13.2 Å². The van der Waals surface area contributed by atoms with E-state index in [4.69, 9.17) is 16.3 Å². The van der Waals surface area contributed by atoms with Gasteiger partial charge >= 0.3 is 5.97 Å². The number of hydrogen-bond donors (Lipinski definition) is 1. The summed E-state index contributed by atoms with van der Waals surface area (Å²) in [7, 11) is 0. The summed E-state index contributed by atoms with van der Waals surface area (Å²) in [6, 6.07) is 13.7. The number of ether oxygens (including phenoxy) is 1. The van der Waals surface area contributed by atoms with Crippen molar-refractivity contribution in [1.29, 1.82) is 0 Å². The maximum atomic E-state index is 12.9. The summed E-state index contributed by atoms with van der Waals surface area (Å²) in [6.45, 7) is 8.11. The topological polar surface area (TPSA) is 73.2 Å². The number of aromatic nitrogens is 2. The predicted molar refractivity (Wildman–Crippen MR) is 122 cm³/mol. The van der Waals surface area contributed by atoms with Gasteiger partial charge in [-0.2, -0.15) is 5.10 Å². The highest BCUT2D eigenvalue weighted by Crippen LogP contribution is 2.31. The average molecular weight is 440 g/mol. The third-order valence-electron chi connectivity index (χ3n) is 4.97. The number of benzene rings is 2. The van der Waals surface area contributed by atoms with E-state index in [9.17, 15) is 9.59 Å². The van der Waals surface area contributed by atoms with Crippen LogP contribution in [-0.2, 0) is 9.53 Å². The van der Waals surface area contributed by atoms with Crippen molar-refractivity contribution in [3.63, 3.8) is 0 Å². The minimum Gasteiger partial charge on any atom is -0.466 e. The molecule has 1 N–H and O–H groups in total. The number of nitrogens with zero attached hydrogens (tertiary/aromatic N) is 2. The number of esters is 1. The Balaban J connectivity index is 2.00. The zero-order valence-corrected chi connectivity index (χ0v) is 18.9. The van der Waals surface area contributed by atoms with Crippen molar-refractivity contribution in [3.8, 4) is 16.9 Å². The Hall–Kier alpha value is -3.12. The number of nitrogens with one attached hydrogen (secondary N) is 1. The number of hydrogen-bond acceptors (Lipinski definition) is 4. The van der Waals surface area contributed by atoms with Gasteiger partial charge in [0.2, 0.25) is 0 Å². The number of amides is 1. The largest absolute Gasteiger partial charge is 0.466 e. The molecule has 0 bridgehead atoms. The number of rotatable bonds is 7. The summed E-state index contributed by atoms with van der Waals surface area (Å²) < 4.78 is 6.69. The van der Waals surface area contributed by atoms with Gasteiger partial charge in [0.25, 0.3) is 5.91 Å². The molecule has 0 atom stereocenters. The van der Waals surface area contributed by atoms with Gasteiger partial charge in [0.15, 0.2) is 5.69 Å². The van der Waals surface area contributed by atoms with Crippen molar-refractivity contribution < 1.29 is 14.3 Å². The Morgan fingerprint density at radius 2 is 1.81 bits per heavy atom. The van der Waals surface area contributed by atoms with Crippen molar-refractivity contribution >= 4 is 23.5 Å². The highest BCUT2D eigenvalue weighted by Gasteiger charge is 2.23. The standard InChI is InChI=1S/C24H26ClN3O3/c1-5-31-21(29)12-13-26-24(30)22-17(4)23(18-8-6-15(2)7-9-18)28(27-22)20-11-10-19(25)14-16(20)3/h6-11,14H,5,12-13H2,1-4H3,(H,26,30). The van der Waals surface area contributed by atoms with Crippen molar-refractivity contribution in [1.82, 2.24) is 15.1 Å². The van der Waals surface area contributed by atoms with Gasteiger partial charge < -0.3 is 10.1 Å². The Bertz CT molecular complexity index is 1100. The molecule has 6 nitrogen and oxygen atoms in total. The smallest absolute Gasteiger partial charge is 0.307 e. The van der Waals surface area contributed by atoms with Crippen LogP contribution in [0.4, 0.5) is 0 Å². The number of carbonyl (C=O) groups excluding carboxylic acids is 2. The van der Waals surface area contributed by atoms with E-state index in [0.717, 1.165) is 33.6 Å². The van der Waals surface area contributed by atoms with Crippen LogP contribution in [-0.4, -0.2) is 34.8 Å². The van der Waals surface area contributed by atoms with Gasteiger partial charge in [0.1, 0.15) is 0 Å². The van der Waals surface area contributed by atoms with Crippen molar-refractivity contribution in [2.45, 2.75) is 34.1 Å². The number of aryl methyl sites for hydroxylation is 2. The third kappa shape index (κ3) is 5.14. The van der Waals surface area contributed by atoms with Crippen LogP contribution in [0.1, 0.15) is 40.5 Å². The molecule has 0 aliphatic carbocycles. The first-order valence-electron chi connectivity index (χ1n) is 10.2. The van der Waals surface area contributed by atoms with Gasteiger partial charge in [0.05, 0.1) is 24.4 Å². The summed E-state index contributed by atoms with van der Waals surface area (Å²) in [4.78, 5) is 24.4. The van der Waals surface area contributed by atoms with Crippen LogP contribution >= 0.6 is 11.6 Å². The molecule has 0 unspecified atom stereocenters. The SMILES string of the molecule is CCOC(=O)CCNC(=O)c1nn(-c2ccc(Cl)cc2C)c(-c2ccc(C)cc2)c1C. The molecule has 1 heterocycles. The third-order valence-corrected chi connectivity index (χ3v) is 5.20. The molecule has 0 fully saturated rings. The van der Waals surface area contributed by atoms with Gasteiger partial charge in [0, 0.05) is 22.7 Å². The second-order valence-electron chi connectivity index (χ2n) is 7.34. The second-order valence-corrected chi connectivity index (χ2v) is 7.78. The maximum absolute atomic E-state index is 12.9. The van der Waals surface area contributed by atoms with Crippen LogP contribution in [0.25, 0.3) is 16.9 Å². The molecule has 0 aliphatic rings. The lowest BCUT2D eigenvalue weighted by Crippen LogP contribution is -2.27. The molecule has 3 aromatic rings. The van der Waals surface area contributed by atoms with E-state index < -0.39 is 0 Å². The monoisotopic (exact) mass is 439 g/mol. The van der Waals surface area contributed by atoms with E-state index in [1.807, 2.05) is 57.2 Å². The molecule has 31 heavy (non-hydrogen) atoms. The summed E-state index contributed by atoms with van der Waals surface area (Å²) in [5.74, 6) is -0.678. The normalized spacial score (nSPS) is 10.7. The summed E-state index contributed by atoms with van der Waals surface area (Å²) in [5, 5.41) is 8.06. The average Bonchev–Trinajstić information content (AvgIpc) is 3.06. The van der Waals surface area contributed by atoms with Crippen LogP contribution in [0.2, 0.25) is 5.02 Å². The Morgan fingerprint density at radius 1 is 1.10 bits per heavy atom. The summed E-state index contributed by atoms with van der Waals surface area (Å²) in [6.07, 6.45) is 0.112.